The Labute approximate surface area is 814 Å². The average molecular weight is 1860 g/mol. The Kier molecular flexibility index (Phi) is 34.7. The molecule has 0 saturated carbocycles. The van der Waals surface area contributed by atoms with Gasteiger partial charge in [0.2, 0.25) is 5.78 Å². The number of hydrogen-bond acceptors (Lipinski definition) is 16. The summed E-state index contributed by atoms with van der Waals surface area (Å²) in [5.74, 6) is 7.25. The minimum atomic E-state index is 0. The number of hydrogen-bond donors (Lipinski definition) is 0. The van der Waals surface area contributed by atoms with E-state index in [9.17, 15) is 0 Å². The van der Waals surface area contributed by atoms with Crippen molar-refractivity contribution in [3.8, 4) is 0 Å². The van der Waals surface area contributed by atoms with E-state index in [1.165, 1.54) is 134 Å². The van der Waals surface area contributed by atoms with E-state index in [0.29, 0.717) is 53.1 Å². The van der Waals surface area contributed by atoms with Gasteiger partial charge in [0.25, 0.3) is 5.78 Å². The van der Waals surface area contributed by atoms with Gasteiger partial charge in [-0.05, 0) is 341 Å². The molecule has 16 aromatic heterocycles. The van der Waals surface area contributed by atoms with Crippen LogP contribution in [0.5, 0.6) is 0 Å². The van der Waals surface area contributed by atoms with Gasteiger partial charge in [-0.15, -0.1) is 0 Å². The van der Waals surface area contributed by atoms with E-state index >= 15 is 0 Å². The Morgan fingerprint density at radius 1 is 0.212 bits per heavy atom. The third-order valence-electron chi connectivity index (χ3n) is 26.9. The molecular weight excluding hydrogens is 1710 g/mol. The molecular formula is C109H155N22Y-. The smallest absolute Gasteiger partial charge is 0.252 e. The summed E-state index contributed by atoms with van der Waals surface area (Å²) in [6, 6.07) is 3.35. The van der Waals surface area contributed by atoms with E-state index < -0.39 is 0 Å². The van der Waals surface area contributed by atoms with E-state index in [-0.39, 0.29) is 32.7 Å². The molecule has 1 radical (unpaired) electrons. The molecule has 0 aliphatic heterocycles. The zero-order valence-electron chi connectivity index (χ0n) is 90.0. The number of pyridine rings is 4. The molecule has 0 aliphatic carbocycles. The van der Waals surface area contributed by atoms with Gasteiger partial charge in [0.1, 0.15) is 17.3 Å². The first-order chi connectivity index (χ1) is 60.8. The van der Waals surface area contributed by atoms with Gasteiger partial charge in [-0.2, -0.15) is 26.8 Å². The molecule has 16 rings (SSSR count). The molecule has 0 N–H and O–H groups in total. The van der Waals surface area contributed by atoms with Crippen molar-refractivity contribution in [1.82, 2.24) is 107 Å². The molecule has 23 heteroatoms. The Bertz CT molecular complexity index is 6980. The number of nitrogens with zero attached hydrogens (tertiary/aromatic N) is 22. The van der Waals surface area contributed by atoms with Crippen LogP contribution in [0, 0.1) is 235 Å². The van der Waals surface area contributed by atoms with Crippen LogP contribution in [0.1, 0.15) is 390 Å². The molecule has 0 saturated heterocycles. The molecule has 0 fully saturated rings. The summed E-state index contributed by atoms with van der Waals surface area (Å²) in [5, 5.41) is 16.0. The topological polar surface area (TPSA) is 233 Å². The van der Waals surface area contributed by atoms with E-state index in [1.54, 1.807) is 0 Å². The van der Waals surface area contributed by atoms with Crippen LogP contribution >= 0.6 is 0 Å². The summed E-state index contributed by atoms with van der Waals surface area (Å²) in [6.07, 6.45) is 0. The second kappa shape index (κ2) is 42.7. The van der Waals surface area contributed by atoms with Crippen molar-refractivity contribution in [2.24, 2.45) is 0 Å². The van der Waals surface area contributed by atoms with Crippen LogP contribution in [0.4, 0.5) is 0 Å². The summed E-state index contributed by atoms with van der Waals surface area (Å²) in [4.78, 5) is 59.7. The second-order valence-corrected chi connectivity index (χ2v) is 39.2. The molecule has 22 nitrogen and oxygen atoms in total. The van der Waals surface area contributed by atoms with E-state index in [0.717, 1.165) is 148 Å². The molecule has 0 atom stereocenters. The molecule has 0 unspecified atom stereocenters. The van der Waals surface area contributed by atoms with Crippen LogP contribution in [0.25, 0.3) is 56.1 Å². The SMILES string of the molecule is Cc1nc2c(C)c(C)c(C)n2c(C)c1C(C)C.Cc1nc2c(C)c(C)nn2c(C)c1C(C)C.Cc1nc2c(C)nc(C)c(C)c2c(C)c1C(C)C.Cc1nc2c(C)nc(C)n2c(C)c1C(C)C.Cc1nc2nc(C)c(C(C)C)c(C)c2c(C)c1C.Cc1nc2nc(C)c(C(C)C)c(C)n2n1.Cc1nc2nc(C)c(C)n2c(C)c1C(C)C.Cc1nn2c(C)c(C)nc2[c-]c1C(C)C.[Y]. The van der Waals surface area contributed by atoms with Gasteiger partial charge in [0.15, 0.2) is 16.9 Å². The molecule has 0 aliphatic rings. The van der Waals surface area contributed by atoms with E-state index in [4.69, 9.17) is 15.0 Å². The van der Waals surface area contributed by atoms with Crippen LogP contribution in [-0.2, 0) is 32.7 Å². The Morgan fingerprint density at radius 2 is 0.614 bits per heavy atom. The predicted octanol–water partition coefficient (Wildman–Crippen LogP) is 26.6. The molecule has 705 valence electrons. The quantitative estimate of drug-likeness (QED) is 0.129. The number of aryl methyl sites for hydroxylation is 31. The van der Waals surface area contributed by atoms with Crippen molar-refractivity contribution in [2.75, 3.05) is 0 Å². The zero-order valence-corrected chi connectivity index (χ0v) is 92.9. The number of rotatable bonds is 8. The normalized spacial score (nSPS) is 11.6. The van der Waals surface area contributed by atoms with Gasteiger partial charge < -0.3 is 4.40 Å². The third kappa shape index (κ3) is 21.3. The number of imidazole rings is 3. The van der Waals surface area contributed by atoms with Gasteiger partial charge in [-0.1, -0.05) is 129 Å². The summed E-state index contributed by atoms with van der Waals surface area (Å²) < 4.78 is 12.3. The standard InChI is InChI=1S/2C16H22N2.C15H22N2.3C13H19N3.C12H16N3.C11H16N4.Y/c1-8(2)14-10(4)15-9(3)11(5)17-13(7)16(15)18-12(14)6;1-8(2)14-11(5)15-10(4)9(3)12(6)17-16(15)18-13(14)7;1-8(2)14-11(5)16-15-10(4)9(3)12(6)17(15)13(14)7;1-7(2)12-8(3)15-13-9(4)14-11(6)16(13)10(12)5;1-7(2)12-9(4)15-13-14-8(3)10(5)16(13)11(12)6;1-7(2)12-10(5)14-13-8(3)9(4)15-16(13)11(12)6;1-7(2)11-6-12-13-8(3)10(5)15(12)14-9(11)4;1-6(2)10-7(3)12-11-13-9(5)14-15(11)8(10)4;/h2*8H,1-7H3;8H,1-7H3;3*7H,1-6H3;7H,1-5H3;6H,1-5H3;/q;;;;;;-1;;. The monoisotopic (exact) mass is 1860 g/mol. The fourth-order valence-electron chi connectivity index (χ4n) is 20.3. The molecule has 0 spiro atoms. The van der Waals surface area contributed by atoms with Crippen molar-refractivity contribution in [3.05, 3.63) is 238 Å². The first kappa shape index (κ1) is 107. The minimum absolute atomic E-state index is 0. The zero-order chi connectivity index (χ0) is 98.5. The Hall–Kier alpha value is -10.1. The summed E-state index contributed by atoms with van der Waals surface area (Å²) in [6.45, 7) is 105. The van der Waals surface area contributed by atoms with Gasteiger partial charge in [0.05, 0.1) is 45.3 Å². The Morgan fingerprint density at radius 3 is 1.12 bits per heavy atom. The maximum Gasteiger partial charge on any atom is 0.252 e. The van der Waals surface area contributed by atoms with E-state index in [1.807, 2.05) is 75.9 Å². The predicted molar refractivity (Wildman–Crippen MR) is 545 cm³/mol. The number of aromatic nitrogens is 22. The third-order valence-corrected chi connectivity index (χ3v) is 26.9. The fraction of sp³-hybridized carbons (Fsp3) is 0.523. The number of fused-ring (bicyclic) bond motifs is 8. The summed E-state index contributed by atoms with van der Waals surface area (Å²) >= 11 is 0. The minimum Gasteiger partial charge on any atom is -0.302 e. The van der Waals surface area contributed by atoms with Crippen molar-refractivity contribution in [1.29, 1.82) is 0 Å². The van der Waals surface area contributed by atoms with Gasteiger partial charge >= 0.3 is 0 Å². The van der Waals surface area contributed by atoms with Crippen LogP contribution in [0.2, 0.25) is 0 Å². The van der Waals surface area contributed by atoms with Crippen LogP contribution in [0.15, 0.2) is 0 Å². The van der Waals surface area contributed by atoms with Gasteiger partial charge in [-0.25, -0.2) is 53.9 Å². The van der Waals surface area contributed by atoms with Gasteiger partial charge in [0, 0.05) is 140 Å². The Balaban J connectivity index is 0.000000186. The largest absolute Gasteiger partial charge is 0.302 e. The molecule has 0 bridgehead atoms. The average Bonchev–Trinajstić information content (AvgIpc) is 1.75. The molecule has 16 heterocycles. The van der Waals surface area contributed by atoms with Crippen LogP contribution in [0.3, 0.4) is 0 Å². The van der Waals surface area contributed by atoms with Crippen molar-refractivity contribution < 1.29 is 32.7 Å². The molecule has 0 aromatic carbocycles. The summed E-state index contributed by atoms with van der Waals surface area (Å²) in [7, 11) is 0. The van der Waals surface area contributed by atoms with E-state index in [2.05, 4.69) is 361 Å². The molecule has 132 heavy (non-hydrogen) atoms. The molecule has 16 aromatic rings. The van der Waals surface area contributed by atoms with Crippen LogP contribution < -0.4 is 0 Å². The van der Waals surface area contributed by atoms with Gasteiger partial charge in [-0.3, -0.25) is 33.4 Å². The fourth-order valence-corrected chi connectivity index (χ4v) is 20.3. The molecule has 0 amide bonds. The summed E-state index contributed by atoms with van der Waals surface area (Å²) in [5.41, 5.74) is 53.1. The first-order valence-electron chi connectivity index (χ1n) is 47.2. The maximum absolute atomic E-state index is 4.80. The van der Waals surface area contributed by atoms with Crippen LogP contribution in [-0.4, -0.2) is 107 Å². The maximum atomic E-state index is 4.80. The van der Waals surface area contributed by atoms with Crippen molar-refractivity contribution in [2.45, 2.75) is 387 Å². The second-order valence-electron chi connectivity index (χ2n) is 39.2. The van der Waals surface area contributed by atoms with Crippen molar-refractivity contribution >= 4 is 56.1 Å². The van der Waals surface area contributed by atoms with Crippen molar-refractivity contribution in [3.63, 3.8) is 0 Å². The first-order valence-corrected chi connectivity index (χ1v) is 47.2.